The van der Waals surface area contributed by atoms with Crippen molar-refractivity contribution in [3.63, 3.8) is 0 Å². The second-order valence-corrected chi connectivity index (χ2v) is 9.10. The molecule has 184 valence electrons. The predicted molar refractivity (Wildman–Crippen MR) is 153 cm³/mol. The first-order chi connectivity index (χ1) is 18.0. The molecule has 0 heterocycles. The summed E-state index contributed by atoms with van der Waals surface area (Å²) in [5.41, 5.74) is 5.19. The molecule has 4 aromatic rings. The van der Waals surface area contributed by atoms with E-state index in [4.69, 9.17) is 23.2 Å². The van der Waals surface area contributed by atoms with Gasteiger partial charge >= 0.3 is 0 Å². The van der Waals surface area contributed by atoms with E-state index in [0.29, 0.717) is 17.8 Å². The zero-order valence-corrected chi connectivity index (χ0v) is 21.3. The summed E-state index contributed by atoms with van der Waals surface area (Å²) in [6.45, 7) is 0. The van der Waals surface area contributed by atoms with Crippen LogP contribution in [0.25, 0.3) is 12.2 Å². The third-order valence-corrected chi connectivity index (χ3v) is 6.01. The molecule has 4 aromatic carbocycles. The predicted octanol–water partition coefficient (Wildman–Crippen LogP) is 7.71. The van der Waals surface area contributed by atoms with Gasteiger partial charge in [-0.25, -0.2) is 0 Å². The molecule has 0 aromatic heterocycles. The molecule has 6 heteroatoms. The number of carbonyl (C=O) groups is 2. The van der Waals surface area contributed by atoms with Crippen LogP contribution >= 0.6 is 23.2 Å². The van der Waals surface area contributed by atoms with E-state index in [1.165, 1.54) is 0 Å². The maximum absolute atomic E-state index is 12.4. The van der Waals surface area contributed by atoms with Crippen LogP contribution < -0.4 is 10.6 Å². The lowest BCUT2D eigenvalue weighted by molar-refractivity contribution is -0.113. The summed E-state index contributed by atoms with van der Waals surface area (Å²) in [5, 5.41) is 5.84. The molecular weight excluding hydrogens is 503 g/mol. The molecule has 0 fully saturated rings. The summed E-state index contributed by atoms with van der Waals surface area (Å²) in [6.07, 6.45) is 3.96. The molecular formula is C31H24Cl2N2O2. The Balaban J connectivity index is 1.31. The number of amides is 2. The maximum Gasteiger partial charge on any atom is 0.267 e. The number of benzene rings is 4. The summed E-state index contributed by atoms with van der Waals surface area (Å²) in [6, 6.07) is 34.0. The number of rotatable bonds is 8. The van der Waals surface area contributed by atoms with E-state index in [-0.39, 0.29) is 21.9 Å². The van der Waals surface area contributed by atoms with Gasteiger partial charge in [0.25, 0.3) is 11.8 Å². The van der Waals surface area contributed by atoms with Gasteiger partial charge in [0.15, 0.2) is 0 Å². The van der Waals surface area contributed by atoms with E-state index >= 15 is 0 Å². The molecule has 4 nitrogen and oxygen atoms in total. The molecule has 0 aliphatic rings. The van der Waals surface area contributed by atoms with Crippen LogP contribution in [-0.2, 0) is 16.0 Å². The Morgan fingerprint density at radius 2 is 0.892 bits per heavy atom. The highest BCUT2D eigenvalue weighted by atomic mass is 35.5. The van der Waals surface area contributed by atoms with E-state index < -0.39 is 0 Å². The van der Waals surface area contributed by atoms with Crippen molar-refractivity contribution >= 4 is 58.5 Å². The van der Waals surface area contributed by atoms with Gasteiger partial charge in [0.2, 0.25) is 0 Å². The molecule has 2 amide bonds. The zero-order valence-electron chi connectivity index (χ0n) is 19.8. The largest absolute Gasteiger partial charge is 0.321 e. The highest BCUT2D eigenvalue weighted by Crippen LogP contribution is 2.19. The second kappa shape index (κ2) is 12.7. The molecule has 0 atom stereocenters. The van der Waals surface area contributed by atoms with Crippen LogP contribution in [0, 0.1) is 0 Å². The maximum atomic E-state index is 12.4. The average molecular weight is 527 g/mol. The minimum atomic E-state index is -0.366. The number of hydrogen-bond donors (Lipinski definition) is 2. The van der Waals surface area contributed by atoms with E-state index in [1.807, 2.05) is 109 Å². The standard InChI is InChI=1S/C31H24Cl2N2O2/c32-28(20-22-7-3-1-4-8-22)30(36)34-26-15-11-24(12-16-26)19-25-13-17-27(18-14-25)35-31(37)29(33)21-23-9-5-2-6-10-23/h1-18,20-21H,19H2,(H,34,36)(H,35,37). The van der Waals surface area contributed by atoms with Gasteiger partial charge in [0.05, 0.1) is 0 Å². The van der Waals surface area contributed by atoms with Gasteiger partial charge in [-0.05, 0) is 65.1 Å². The first-order valence-electron chi connectivity index (χ1n) is 11.6. The normalized spacial score (nSPS) is 11.6. The summed E-state index contributed by atoms with van der Waals surface area (Å²) >= 11 is 12.3. The summed E-state index contributed by atoms with van der Waals surface area (Å²) in [7, 11) is 0. The molecule has 2 N–H and O–H groups in total. The molecule has 37 heavy (non-hydrogen) atoms. The number of anilines is 2. The highest BCUT2D eigenvalue weighted by Gasteiger charge is 2.09. The molecule has 0 saturated carbocycles. The Labute approximate surface area is 226 Å². The molecule has 0 spiro atoms. The van der Waals surface area contributed by atoms with Crippen molar-refractivity contribution in [1.29, 1.82) is 0 Å². The SMILES string of the molecule is O=C(Nc1ccc(Cc2ccc(NC(=O)C(Cl)=Cc3ccccc3)cc2)cc1)C(Cl)=Cc1ccccc1. The van der Waals surface area contributed by atoms with Crippen molar-refractivity contribution in [1.82, 2.24) is 0 Å². The van der Waals surface area contributed by atoms with Gasteiger partial charge in [-0.15, -0.1) is 0 Å². The average Bonchev–Trinajstić information content (AvgIpc) is 2.92. The number of nitrogens with one attached hydrogen (secondary N) is 2. The Kier molecular flexibility index (Phi) is 8.93. The van der Waals surface area contributed by atoms with Crippen LogP contribution in [0.3, 0.4) is 0 Å². The van der Waals surface area contributed by atoms with Gasteiger partial charge < -0.3 is 10.6 Å². The van der Waals surface area contributed by atoms with Crippen molar-refractivity contribution in [2.45, 2.75) is 6.42 Å². The molecule has 4 rings (SSSR count). The van der Waals surface area contributed by atoms with Crippen LogP contribution in [0.5, 0.6) is 0 Å². The third-order valence-electron chi connectivity index (χ3n) is 5.45. The number of hydrogen-bond acceptors (Lipinski definition) is 2. The second-order valence-electron chi connectivity index (χ2n) is 8.28. The highest BCUT2D eigenvalue weighted by molar-refractivity contribution is 6.46. The van der Waals surface area contributed by atoms with Gasteiger partial charge in [-0.1, -0.05) is 108 Å². The Morgan fingerprint density at radius 1 is 0.541 bits per heavy atom. The summed E-state index contributed by atoms with van der Waals surface area (Å²) in [5.74, 6) is -0.732. The monoisotopic (exact) mass is 526 g/mol. The topological polar surface area (TPSA) is 58.2 Å². The van der Waals surface area contributed by atoms with E-state index in [2.05, 4.69) is 10.6 Å². The Bertz CT molecular complexity index is 1300. The molecule has 0 unspecified atom stereocenters. The third kappa shape index (κ3) is 7.94. The van der Waals surface area contributed by atoms with Crippen LogP contribution in [-0.4, -0.2) is 11.8 Å². The van der Waals surface area contributed by atoms with Crippen molar-refractivity contribution < 1.29 is 9.59 Å². The quantitative estimate of drug-likeness (QED) is 0.231. The Morgan fingerprint density at radius 3 is 1.24 bits per heavy atom. The fourth-order valence-corrected chi connectivity index (χ4v) is 3.90. The molecule has 0 aliphatic carbocycles. The molecule has 0 bridgehead atoms. The van der Waals surface area contributed by atoms with Gasteiger partial charge in [0, 0.05) is 11.4 Å². The van der Waals surface area contributed by atoms with Gasteiger partial charge in [-0.2, -0.15) is 0 Å². The van der Waals surface area contributed by atoms with Gasteiger partial charge in [0.1, 0.15) is 10.1 Å². The summed E-state index contributed by atoms with van der Waals surface area (Å²) in [4.78, 5) is 24.8. The van der Waals surface area contributed by atoms with Crippen LogP contribution in [0.15, 0.2) is 119 Å². The Hall–Kier alpha value is -4.12. The summed E-state index contributed by atoms with van der Waals surface area (Å²) < 4.78 is 0. The smallest absolute Gasteiger partial charge is 0.267 e. The van der Waals surface area contributed by atoms with E-state index in [0.717, 1.165) is 22.3 Å². The van der Waals surface area contributed by atoms with Crippen LogP contribution in [0.2, 0.25) is 0 Å². The van der Waals surface area contributed by atoms with Crippen molar-refractivity contribution in [3.8, 4) is 0 Å². The van der Waals surface area contributed by atoms with Crippen LogP contribution in [0.1, 0.15) is 22.3 Å². The number of carbonyl (C=O) groups excluding carboxylic acids is 2. The zero-order chi connectivity index (χ0) is 26.0. The van der Waals surface area contributed by atoms with Crippen LogP contribution in [0.4, 0.5) is 11.4 Å². The fourth-order valence-electron chi connectivity index (χ4n) is 3.55. The molecule has 0 saturated heterocycles. The lowest BCUT2D eigenvalue weighted by atomic mass is 10.0. The van der Waals surface area contributed by atoms with Gasteiger partial charge in [-0.3, -0.25) is 9.59 Å². The first-order valence-corrected chi connectivity index (χ1v) is 12.4. The molecule has 0 aliphatic heterocycles. The fraction of sp³-hybridized carbons (Fsp3) is 0.0323. The number of halogens is 2. The van der Waals surface area contributed by atoms with Crippen molar-refractivity contribution in [2.24, 2.45) is 0 Å². The lowest BCUT2D eigenvalue weighted by Crippen LogP contribution is -2.11. The van der Waals surface area contributed by atoms with E-state index in [9.17, 15) is 9.59 Å². The minimum absolute atomic E-state index is 0.110. The first kappa shape index (κ1) is 26.0. The van der Waals surface area contributed by atoms with Crippen molar-refractivity contribution in [2.75, 3.05) is 10.6 Å². The van der Waals surface area contributed by atoms with E-state index in [1.54, 1.807) is 12.2 Å². The lowest BCUT2D eigenvalue weighted by Gasteiger charge is -2.08. The van der Waals surface area contributed by atoms with Crippen molar-refractivity contribution in [3.05, 3.63) is 142 Å². The molecule has 0 radical (unpaired) electrons. The minimum Gasteiger partial charge on any atom is -0.321 e.